The van der Waals surface area contributed by atoms with Crippen molar-refractivity contribution in [3.05, 3.63) is 98.5 Å². The molecule has 2 aromatic heterocycles. The van der Waals surface area contributed by atoms with E-state index in [0.717, 1.165) is 38.4 Å². The minimum absolute atomic E-state index is 0.0601. The number of hydrogen-bond donors (Lipinski definition) is 1. The van der Waals surface area contributed by atoms with E-state index in [4.69, 9.17) is 4.74 Å². The van der Waals surface area contributed by atoms with Crippen LogP contribution in [-0.2, 0) is 4.74 Å². The zero-order valence-electron chi connectivity index (χ0n) is 22.1. The third-order valence-electron chi connectivity index (χ3n) is 6.10. The van der Waals surface area contributed by atoms with Gasteiger partial charge in [0.05, 0.1) is 24.6 Å². The Morgan fingerprint density at radius 1 is 1.13 bits per heavy atom. The van der Waals surface area contributed by atoms with Crippen LogP contribution in [-0.4, -0.2) is 35.8 Å². The molecule has 0 unspecified atom stereocenters. The maximum atomic E-state index is 12.3. The Morgan fingerprint density at radius 2 is 1.89 bits per heavy atom. The van der Waals surface area contributed by atoms with E-state index >= 15 is 0 Å². The molecule has 4 rings (SSSR count). The smallest absolute Gasteiger partial charge is 0.348 e. The van der Waals surface area contributed by atoms with Crippen molar-refractivity contribution >= 4 is 39.9 Å². The summed E-state index contributed by atoms with van der Waals surface area (Å²) in [6, 6.07) is 16.3. The molecule has 0 aliphatic heterocycles. The molecule has 0 saturated carbocycles. The average molecular weight is 543 g/mol. The lowest BCUT2D eigenvalue weighted by Crippen LogP contribution is -2.33. The van der Waals surface area contributed by atoms with Gasteiger partial charge in [0.2, 0.25) is 0 Å². The third-order valence-corrected chi connectivity index (χ3v) is 7.85. The molecule has 2 heterocycles. The van der Waals surface area contributed by atoms with Crippen LogP contribution in [0.15, 0.2) is 65.7 Å². The number of carboxylic acids is 1. The Kier molecular flexibility index (Phi) is 8.67. The van der Waals surface area contributed by atoms with Gasteiger partial charge < -0.3 is 14.7 Å². The first-order valence-electron chi connectivity index (χ1n) is 12.2. The van der Waals surface area contributed by atoms with E-state index in [1.165, 1.54) is 28.2 Å². The van der Waals surface area contributed by atoms with Gasteiger partial charge in [0.1, 0.15) is 10.6 Å². The molecule has 2 aromatic carbocycles. The highest BCUT2D eigenvalue weighted by Crippen LogP contribution is 2.39. The van der Waals surface area contributed by atoms with E-state index in [0.29, 0.717) is 17.1 Å². The van der Waals surface area contributed by atoms with E-state index in [9.17, 15) is 9.90 Å². The maximum absolute atomic E-state index is 12.3. The molecular formula is C31H30N2O3S2. The Hall–Kier alpha value is -3.86. The molecular weight excluding hydrogens is 512 g/mol. The van der Waals surface area contributed by atoms with Gasteiger partial charge in [-0.3, -0.25) is 0 Å². The zero-order chi connectivity index (χ0) is 27.2. The number of aromatic nitrogens is 1. The molecule has 1 N–H and O–H groups in total. The van der Waals surface area contributed by atoms with E-state index < -0.39 is 5.97 Å². The van der Waals surface area contributed by atoms with E-state index in [1.54, 1.807) is 18.9 Å². The first-order chi connectivity index (χ1) is 18.3. The summed E-state index contributed by atoms with van der Waals surface area (Å²) in [5.41, 5.74) is 9.47. The molecule has 0 atom stereocenters. The number of hydrogen-bond acceptors (Lipinski definition) is 6. The van der Waals surface area contributed by atoms with Gasteiger partial charge in [-0.15, -0.1) is 22.7 Å². The second-order valence-corrected chi connectivity index (χ2v) is 11.0. The summed E-state index contributed by atoms with van der Waals surface area (Å²) >= 11 is 2.80. The highest BCUT2D eigenvalue weighted by Gasteiger charge is 2.24. The number of ether oxygens (including phenoxy) is 1. The molecule has 0 amide bonds. The van der Waals surface area contributed by atoms with E-state index in [-0.39, 0.29) is 6.04 Å². The Bertz CT molecular complexity index is 1500. The lowest BCUT2D eigenvalue weighted by atomic mass is 9.98. The summed E-state index contributed by atoms with van der Waals surface area (Å²) in [6.07, 6.45) is 1.76. The highest BCUT2D eigenvalue weighted by molar-refractivity contribution is 7.18. The molecule has 7 heteroatoms. The number of benzene rings is 2. The number of rotatable bonds is 8. The number of methoxy groups -OCH3 is 1. The minimum atomic E-state index is -0.934. The van der Waals surface area contributed by atoms with Crippen molar-refractivity contribution in [2.75, 3.05) is 18.6 Å². The van der Waals surface area contributed by atoms with Crippen LogP contribution in [0.1, 0.15) is 51.5 Å². The fourth-order valence-corrected chi connectivity index (χ4v) is 5.75. The normalized spacial score (nSPS) is 11.3. The van der Waals surface area contributed by atoms with Gasteiger partial charge >= 0.3 is 5.97 Å². The van der Waals surface area contributed by atoms with Crippen molar-refractivity contribution in [3.63, 3.8) is 0 Å². The summed E-state index contributed by atoms with van der Waals surface area (Å²) < 4.78 is 5.45. The SMILES string of the molecule is COC=C(CN(c1cc(-c2ccc(C#Cc3cscn3)cc2)sc1C(=O)O)C(C)C)c1ccc(C)cc1C. The maximum Gasteiger partial charge on any atom is 0.348 e. The van der Waals surface area contributed by atoms with Crippen molar-refractivity contribution < 1.29 is 14.6 Å². The fourth-order valence-electron chi connectivity index (χ4n) is 4.25. The van der Waals surface area contributed by atoms with Crippen molar-refractivity contribution in [2.24, 2.45) is 0 Å². The summed E-state index contributed by atoms with van der Waals surface area (Å²) in [4.78, 5) is 19.9. The van der Waals surface area contributed by atoms with Crippen LogP contribution in [0.5, 0.6) is 0 Å². The Morgan fingerprint density at radius 3 is 2.50 bits per heavy atom. The second kappa shape index (κ2) is 12.1. The first kappa shape index (κ1) is 27.2. The number of aryl methyl sites for hydroxylation is 2. The molecule has 0 spiro atoms. The number of thiazole rings is 1. The third kappa shape index (κ3) is 6.34. The lowest BCUT2D eigenvalue weighted by Gasteiger charge is -2.30. The molecule has 0 aliphatic carbocycles. The van der Waals surface area contributed by atoms with Gasteiger partial charge in [0, 0.05) is 34.0 Å². The van der Waals surface area contributed by atoms with Crippen molar-refractivity contribution in [2.45, 2.75) is 33.7 Å². The van der Waals surface area contributed by atoms with E-state index in [1.807, 2.05) is 35.7 Å². The van der Waals surface area contributed by atoms with Crippen LogP contribution >= 0.6 is 22.7 Å². The molecule has 4 aromatic rings. The van der Waals surface area contributed by atoms with Crippen LogP contribution in [0.2, 0.25) is 0 Å². The van der Waals surface area contributed by atoms with Gasteiger partial charge in [0.15, 0.2) is 0 Å². The van der Waals surface area contributed by atoms with Crippen LogP contribution in [0.4, 0.5) is 5.69 Å². The molecule has 194 valence electrons. The lowest BCUT2D eigenvalue weighted by molar-refractivity contribution is 0.0702. The second-order valence-electron chi connectivity index (χ2n) is 9.25. The summed E-state index contributed by atoms with van der Waals surface area (Å²) in [7, 11) is 1.64. The summed E-state index contributed by atoms with van der Waals surface area (Å²) in [6.45, 7) is 8.82. The minimum Gasteiger partial charge on any atom is -0.504 e. The summed E-state index contributed by atoms with van der Waals surface area (Å²) in [5, 5.41) is 12.0. The monoisotopic (exact) mass is 542 g/mol. The number of aromatic carboxylic acids is 1. The molecule has 0 aliphatic rings. The van der Waals surface area contributed by atoms with Gasteiger partial charge in [-0.1, -0.05) is 41.8 Å². The largest absolute Gasteiger partial charge is 0.504 e. The molecule has 0 bridgehead atoms. The first-order valence-corrected chi connectivity index (χ1v) is 14.0. The predicted octanol–water partition coefficient (Wildman–Crippen LogP) is 7.49. The topological polar surface area (TPSA) is 62.7 Å². The number of anilines is 1. The average Bonchev–Trinajstić information content (AvgIpc) is 3.56. The van der Waals surface area contributed by atoms with E-state index in [2.05, 4.69) is 67.6 Å². The summed E-state index contributed by atoms with van der Waals surface area (Å²) in [5.74, 6) is 5.25. The molecule has 0 saturated heterocycles. The van der Waals surface area contributed by atoms with Crippen LogP contribution < -0.4 is 4.90 Å². The Labute approximate surface area is 232 Å². The number of thiophene rings is 1. The molecule has 0 fully saturated rings. The van der Waals surface area contributed by atoms with Gasteiger partial charge in [0.25, 0.3) is 0 Å². The number of carbonyl (C=O) groups is 1. The standard InChI is InChI=1S/C31H30N2O3S2/c1-20(2)33(16-25(17-36-5)27-13-6-21(3)14-22(27)4)28-15-29(38-30(28)31(34)35)24-10-7-23(8-11-24)9-12-26-18-37-19-32-26/h6-8,10-11,13-15,17-20H,16H2,1-5H3,(H,34,35). The van der Waals surface area contributed by atoms with Gasteiger partial charge in [-0.2, -0.15) is 0 Å². The van der Waals surface area contributed by atoms with Crippen LogP contribution in [0.25, 0.3) is 16.0 Å². The molecule has 38 heavy (non-hydrogen) atoms. The zero-order valence-corrected chi connectivity index (χ0v) is 23.7. The fraction of sp³-hybridized carbons (Fsp3) is 0.226. The van der Waals surface area contributed by atoms with Crippen LogP contribution in [0, 0.1) is 25.7 Å². The molecule has 0 radical (unpaired) electrons. The van der Waals surface area contributed by atoms with Crippen molar-refractivity contribution in [3.8, 4) is 22.3 Å². The van der Waals surface area contributed by atoms with Gasteiger partial charge in [-0.05, 0) is 68.5 Å². The highest BCUT2D eigenvalue weighted by atomic mass is 32.1. The van der Waals surface area contributed by atoms with Crippen molar-refractivity contribution in [1.82, 2.24) is 4.98 Å². The quantitative estimate of drug-likeness (QED) is 0.185. The Balaban J connectivity index is 1.68. The van der Waals surface area contributed by atoms with Crippen molar-refractivity contribution in [1.29, 1.82) is 0 Å². The van der Waals surface area contributed by atoms with Crippen LogP contribution in [0.3, 0.4) is 0 Å². The molecule has 5 nitrogen and oxygen atoms in total. The number of carboxylic acid groups (broad SMARTS) is 1. The number of nitrogens with zero attached hydrogens (tertiary/aromatic N) is 2. The van der Waals surface area contributed by atoms with Gasteiger partial charge in [-0.25, -0.2) is 9.78 Å². The predicted molar refractivity (Wildman–Crippen MR) is 158 cm³/mol.